The Labute approximate surface area is 180 Å². The van der Waals surface area contributed by atoms with Crippen molar-refractivity contribution >= 4 is 11.6 Å². The Balaban J connectivity index is 0.00000108. The predicted octanol–water partition coefficient (Wildman–Crippen LogP) is -5.16. The Hall–Kier alpha value is 1.24. The summed E-state index contributed by atoms with van der Waals surface area (Å²) in [5, 5.41) is 0. The maximum atomic E-state index is 2.35. The van der Waals surface area contributed by atoms with E-state index in [0.717, 1.165) is 0 Å². The molecule has 19 heavy (non-hydrogen) atoms. The van der Waals surface area contributed by atoms with Gasteiger partial charge in [-0.25, -0.2) is 0 Å². The first-order valence-corrected chi connectivity index (χ1v) is 7.51. The van der Waals surface area contributed by atoms with E-state index in [9.17, 15) is 0 Å². The molecule has 0 saturated carbocycles. The molecule has 0 fully saturated rings. The van der Waals surface area contributed by atoms with E-state index >= 15 is 0 Å². The van der Waals surface area contributed by atoms with Crippen molar-refractivity contribution in [3.05, 3.63) is 71.3 Å². The van der Waals surface area contributed by atoms with Crippen LogP contribution in [0, 0.1) is 0 Å². The predicted molar refractivity (Wildman–Crippen MR) is 63.5 cm³/mol. The van der Waals surface area contributed by atoms with Crippen LogP contribution in [0.25, 0.3) is 11.6 Å². The minimum atomic E-state index is 0. The van der Waals surface area contributed by atoms with Crippen LogP contribution in [0.1, 0.15) is 20.4 Å². The molecule has 2 aromatic carbocycles. The monoisotopic (exact) mass is 752 g/mol. The molecule has 96 valence electrons. The van der Waals surface area contributed by atoms with E-state index in [1.165, 1.54) is 46.6 Å². The Morgan fingerprint density at radius 1 is 0.737 bits per heavy atom. The molecule has 0 radical (unpaired) electrons. The minimum absolute atomic E-state index is 0. The summed E-state index contributed by atoms with van der Waals surface area (Å²) in [6, 6.07) is 19.5. The van der Waals surface area contributed by atoms with E-state index in [1.807, 2.05) is 0 Å². The standard InChI is InChI=1S/C15H11.Hf.3HI/c1-2-6-12(7-3-1)15-10-13-8-4-5-9-14(13)11-15;;;;/h1-11H;;3*1H/q;+3;;;/p-3. The quantitative estimate of drug-likeness (QED) is 0.203. The third kappa shape index (κ3) is 4.35. The number of benzene rings is 2. The van der Waals surface area contributed by atoms with Gasteiger partial charge >= 0.3 is 111 Å². The van der Waals surface area contributed by atoms with Gasteiger partial charge in [-0.2, -0.15) is 0 Å². The molecule has 0 bridgehead atoms. The SMILES string of the molecule is [Hf+3][CH]1C(c2ccccc2)=Cc2ccccc21.[I-].[I-].[I-]. The number of rotatable bonds is 1. The summed E-state index contributed by atoms with van der Waals surface area (Å²) < 4.78 is 0.651. The maximum absolute atomic E-state index is 2.35. The number of hydrogen-bond acceptors (Lipinski definition) is 0. The molecular weight excluding hydrogens is 739 g/mol. The van der Waals surface area contributed by atoms with E-state index in [2.05, 4.69) is 60.7 Å². The van der Waals surface area contributed by atoms with Crippen molar-refractivity contribution in [2.75, 3.05) is 0 Å². The van der Waals surface area contributed by atoms with Crippen molar-refractivity contribution in [1.29, 1.82) is 0 Å². The summed E-state index contributed by atoms with van der Waals surface area (Å²) in [5.41, 5.74) is 5.78. The van der Waals surface area contributed by atoms with E-state index in [0.29, 0.717) is 3.67 Å². The average Bonchev–Trinajstić information content (AvgIpc) is 2.69. The van der Waals surface area contributed by atoms with Crippen LogP contribution in [0.3, 0.4) is 0 Å². The number of halogens is 3. The molecule has 0 N–H and O–H groups in total. The fraction of sp³-hybridized carbons (Fsp3) is 0.0667. The van der Waals surface area contributed by atoms with Crippen molar-refractivity contribution < 1.29 is 96.3 Å². The van der Waals surface area contributed by atoms with E-state index in [4.69, 9.17) is 0 Å². The summed E-state index contributed by atoms with van der Waals surface area (Å²) in [6.45, 7) is 0. The normalized spacial score (nSPS) is 15.3. The van der Waals surface area contributed by atoms with E-state index < -0.39 is 0 Å². The van der Waals surface area contributed by atoms with Crippen LogP contribution in [0.4, 0.5) is 0 Å². The molecule has 1 unspecified atom stereocenters. The molecule has 0 amide bonds. The Kier molecular flexibility index (Phi) is 9.90. The van der Waals surface area contributed by atoms with Gasteiger partial charge in [0.15, 0.2) is 0 Å². The van der Waals surface area contributed by atoms with Crippen LogP contribution in [0.5, 0.6) is 0 Å². The zero-order valence-electron chi connectivity index (χ0n) is 9.98. The van der Waals surface area contributed by atoms with Gasteiger partial charge in [-0.05, 0) is 0 Å². The van der Waals surface area contributed by atoms with Crippen molar-refractivity contribution in [1.82, 2.24) is 0 Å². The van der Waals surface area contributed by atoms with E-state index in [-0.39, 0.29) is 71.9 Å². The zero-order valence-corrected chi connectivity index (χ0v) is 20.0. The maximum Gasteiger partial charge on any atom is -1.00 e. The Morgan fingerprint density at radius 2 is 1.32 bits per heavy atom. The molecule has 0 saturated heterocycles. The second-order valence-corrected chi connectivity index (χ2v) is 6.10. The Bertz CT molecular complexity index is 552. The Morgan fingerprint density at radius 3 is 1.95 bits per heavy atom. The minimum Gasteiger partial charge on any atom is -1.00 e. The van der Waals surface area contributed by atoms with Crippen molar-refractivity contribution in [2.24, 2.45) is 0 Å². The van der Waals surface area contributed by atoms with Gasteiger partial charge in [-0.15, -0.1) is 0 Å². The molecule has 3 rings (SSSR count). The third-order valence-electron chi connectivity index (χ3n) is 3.04. The second kappa shape index (κ2) is 9.30. The van der Waals surface area contributed by atoms with Crippen LogP contribution in [-0.4, -0.2) is 0 Å². The molecule has 1 atom stereocenters. The van der Waals surface area contributed by atoms with Gasteiger partial charge in [0.25, 0.3) is 0 Å². The second-order valence-electron chi connectivity index (χ2n) is 4.03. The number of fused-ring (bicyclic) bond motifs is 1. The van der Waals surface area contributed by atoms with Crippen molar-refractivity contribution in [2.45, 2.75) is 3.67 Å². The summed E-state index contributed by atoms with van der Waals surface area (Å²) in [6.07, 6.45) is 2.35. The summed E-state index contributed by atoms with van der Waals surface area (Å²) in [5.74, 6) is 0. The summed E-state index contributed by atoms with van der Waals surface area (Å²) in [7, 11) is 0. The van der Waals surface area contributed by atoms with Gasteiger partial charge in [0.1, 0.15) is 0 Å². The van der Waals surface area contributed by atoms with Crippen LogP contribution < -0.4 is 71.9 Å². The zero-order chi connectivity index (χ0) is 11.0. The van der Waals surface area contributed by atoms with Crippen LogP contribution in [0.15, 0.2) is 54.6 Å². The molecule has 0 aliphatic heterocycles. The van der Waals surface area contributed by atoms with Gasteiger partial charge in [0.2, 0.25) is 0 Å². The molecular formula is C15H11HfI3. The number of allylic oxidation sites excluding steroid dienone is 1. The molecule has 4 heteroatoms. The summed E-state index contributed by atoms with van der Waals surface area (Å²) >= 11 is 1.18. The molecule has 0 spiro atoms. The topological polar surface area (TPSA) is 0 Å². The van der Waals surface area contributed by atoms with Crippen molar-refractivity contribution in [3.63, 3.8) is 0 Å². The van der Waals surface area contributed by atoms with Crippen LogP contribution >= 0.6 is 0 Å². The van der Waals surface area contributed by atoms with Gasteiger partial charge in [-0.3, -0.25) is 0 Å². The van der Waals surface area contributed by atoms with Gasteiger partial charge in [0.05, 0.1) is 0 Å². The summed E-state index contributed by atoms with van der Waals surface area (Å²) in [4.78, 5) is 0. The number of hydrogen-bond donors (Lipinski definition) is 0. The van der Waals surface area contributed by atoms with Gasteiger partial charge in [0, 0.05) is 0 Å². The fourth-order valence-corrected chi connectivity index (χ4v) is 4.05. The molecule has 0 aromatic heterocycles. The fourth-order valence-electron chi connectivity index (χ4n) is 2.20. The first-order valence-electron chi connectivity index (χ1n) is 5.43. The molecule has 1 aliphatic carbocycles. The smallest absolute Gasteiger partial charge is 1.00 e. The van der Waals surface area contributed by atoms with E-state index in [1.54, 1.807) is 0 Å². The largest absolute Gasteiger partial charge is 1.00 e. The first kappa shape index (κ1) is 20.2. The first-order chi connectivity index (χ1) is 7.86. The average molecular weight is 750 g/mol. The van der Waals surface area contributed by atoms with Gasteiger partial charge < -0.3 is 71.9 Å². The molecule has 0 nitrogen and oxygen atoms in total. The molecule has 2 aromatic rings. The third-order valence-corrected chi connectivity index (χ3v) is 5.27. The van der Waals surface area contributed by atoms with Gasteiger partial charge in [-0.1, -0.05) is 0 Å². The van der Waals surface area contributed by atoms with Crippen LogP contribution in [-0.2, 0) is 24.4 Å². The molecule has 0 heterocycles. The molecule has 1 aliphatic rings. The van der Waals surface area contributed by atoms with Crippen LogP contribution in [0.2, 0.25) is 0 Å². The van der Waals surface area contributed by atoms with Crippen molar-refractivity contribution in [3.8, 4) is 0 Å².